The first-order valence-corrected chi connectivity index (χ1v) is 7.08. The SMILES string of the molecule is Cc1c(CC(=O)O)c(=O)n2nc(-c3cccs3)nc2n1C. The minimum absolute atomic E-state index is 0.222. The molecule has 0 atom stereocenters. The molecule has 1 N–H and O–H groups in total. The first-order valence-electron chi connectivity index (χ1n) is 6.20. The van der Waals surface area contributed by atoms with Gasteiger partial charge in [-0.1, -0.05) is 6.07 Å². The van der Waals surface area contributed by atoms with Gasteiger partial charge in [0.25, 0.3) is 5.56 Å². The lowest BCUT2D eigenvalue weighted by molar-refractivity contribution is -0.136. The first-order chi connectivity index (χ1) is 9.99. The predicted octanol–water partition coefficient (Wildman–Crippen LogP) is 1.09. The molecule has 0 aliphatic rings. The van der Waals surface area contributed by atoms with Crippen molar-refractivity contribution in [1.29, 1.82) is 0 Å². The summed E-state index contributed by atoms with van der Waals surface area (Å²) in [6, 6.07) is 3.75. The van der Waals surface area contributed by atoms with Crippen molar-refractivity contribution in [3.8, 4) is 10.7 Å². The van der Waals surface area contributed by atoms with Crippen molar-refractivity contribution < 1.29 is 9.90 Å². The van der Waals surface area contributed by atoms with E-state index in [0.29, 0.717) is 17.3 Å². The van der Waals surface area contributed by atoms with Gasteiger partial charge in [0.15, 0.2) is 5.82 Å². The summed E-state index contributed by atoms with van der Waals surface area (Å²) in [5.74, 6) is -0.187. The molecule has 0 saturated carbocycles. The van der Waals surface area contributed by atoms with Crippen LogP contribution in [0.15, 0.2) is 22.3 Å². The van der Waals surface area contributed by atoms with Crippen LogP contribution < -0.4 is 5.56 Å². The second-order valence-corrected chi connectivity index (χ2v) is 5.57. The zero-order valence-electron chi connectivity index (χ0n) is 11.4. The van der Waals surface area contributed by atoms with Gasteiger partial charge >= 0.3 is 5.97 Å². The molecule has 3 rings (SSSR count). The van der Waals surface area contributed by atoms with Crippen LogP contribution in [0.4, 0.5) is 0 Å². The number of nitrogens with zero attached hydrogens (tertiary/aromatic N) is 4. The van der Waals surface area contributed by atoms with Gasteiger partial charge in [-0.05, 0) is 18.4 Å². The largest absolute Gasteiger partial charge is 0.481 e. The van der Waals surface area contributed by atoms with E-state index in [1.807, 2.05) is 17.5 Å². The molecule has 3 aromatic rings. The van der Waals surface area contributed by atoms with Crippen molar-refractivity contribution in [2.24, 2.45) is 7.05 Å². The first kappa shape index (κ1) is 13.5. The lowest BCUT2D eigenvalue weighted by Crippen LogP contribution is -2.26. The van der Waals surface area contributed by atoms with Crippen LogP contribution in [-0.4, -0.2) is 30.2 Å². The summed E-state index contributed by atoms with van der Waals surface area (Å²) in [7, 11) is 1.74. The third-order valence-corrected chi connectivity index (χ3v) is 4.22. The van der Waals surface area contributed by atoms with Gasteiger partial charge in [-0.15, -0.1) is 16.4 Å². The monoisotopic (exact) mass is 304 g/mol. The molecule has 7 nitrogen and oxygen atoms in total. The quantitative estimate of drug-likeness (QED) is 0.782. The van der Waals surface area contributed by atoms with Gasteiger partial charge in [-0.2, -0.15) is 9.50 Å². The fourth-order valence-corrected chi connectivity index (χ4v) is 2.81. The number of aromatic nitrogens is 4. The average Bonchev–Trinajstić information content (AvgIpc) is 3.09. The predicted molar refractivity (Wildman–Crippen MR) is 77.6 cm³/mol. The zero-order valence-corrected chi connectivity index (χ0v) is 12.2. The molecule has 0 aromatic carbocycles. The molecule has 21 heavy (non-hydrogen) atoms. The minimum atomic E-state index is -1.05. The van der Waals surface area contributed by atoms with Crippen LogP contribution in [0.3, 0.4) is 0 Å². The average molecular weight is 304 g/mol. The Balaban J connectivity index is 2.30. The molecule has 0 aliphatic heterocycles. The van der Waals surface area contributed by atoms with Gasteiger partial charge in [0.1, 0.15) is 0 Å². The van der Waals surface area contributed by atoms with Gasteiger partial charge in [0.2, 0.25) is 5.78 Å². The molecule has 0 unspecified atom stereocenters. The number of carbonyl (C=O) groups is 1. The van der Waals surface area contributed by atoms with E-state index >= 15 is 0 Å². The molecule has 0 saturated heterocycles. The number of carboxylic acids is 1. The summed E-state index contributed by atoms with van der Waals surface area (Å²) in [5.41, 5.74) is 0.374. The van der Waals surface area contributed by atoms with Crippen LogP contribution in [0, 0.1) is 6.92 Å². The Morgan fingerprint density at radius 3 is 2.86 bits per heavy atom. The number of aryl methyl sites for hydroxylation is 1. The Morgan fingerprint density at radius 1 is 1.48 bits per heavy atom. The van der Waals surface area contributed by atoms with Gasteiger partial charge in [-0.25, -0.2) is 0 Å². The Morgan fingerprint density at radius 2 is 2.24 bits per heavy atom. The van der Waals surface area contributed by atoms with E-state index in [4.69, 9.17) is 5.11 Å². The van der Waals surface area contributed by atoms with Crippen LogP contribution in [0.2, 0.25) is 0 Å². The molecule has 0 amide bonds. The number of hydrogen-bond acceptors (Lipinski definition) is 5. The summed E-state index contributed by atoms with van der Waals surface area (Å²) in [4.78, 5) is 28.6. The maximum atomic E-state index is 12.4. The fraction of sp³-hybridized carbons (Fsp3) is 0.231. The second kappa shape index (κ2) is 4.81. The molecule has 3 heterocycles. The van der Waals surface area contributed by atoms with E-state index in [2.05, 4.69) is 10.1 Å². The number of hydrogen-bond donors (Lipinski definition) is 1. The lowest BCUT2D eigenvalue weighted by atomic mass is 10.1. The third kappa shape index (κ3) is 2.13. The maximum Gasteiger partial charge on any atom is 0.308 e. The Hall–Kier alpha value is -2.48. The minimum Gasteiger partial charge on any atom is -0.481 e. The standard InChI is InChI=1S/C13H12N4O3S/c1-7-8(6-10(18)19)12(20)17-13(16(7)2)14-11(15-17)9-4-3-5-21-9/h3-5H,6H2,1-2H3,(H,18,19). The molecule has 8 heteroatoms. The normalized spacial score (nSPS) is 11.1. The highest BCUT2D eigenvalue weighted by atomic mass is 32.1. The Kier molecular flexibility index (Phi) is 3.09. The summed E-state index contributed by atoms with van der Waals surface area (Å²) in [6.07, 6.45) is -0.331. The van der Waals surface area contributed by atoms with Crippen molar-refractivity contribution >= 4 is 23.1 Å². The molecule has 0 fully saturated rings. The van der Waals surface area contributed by atoms with Crippen LogP contribution in [0.25, 0.3) is 16.5 Å². The van der Waals surface area contributed by atoms with Crippen molar-refractivity contribution in [2.75, 3.05) is 0 Å². The van der Waals surface area contributed by atoms with E-state index < -0.39 is 11.5 Å². The lowest BCUT2D eigenvalue weighted by Gasteiger charge is -2.09. The van der Waals surface area contributed by atoms with E-state index in [0.717, 1.165) is 4.88 Å². The molecular weight excluding hydrogens is 292 g/mol. The van der Waals surface area contributed by atoms with E-state index in [1.54, 1.807) is 18.5 Å². The van der Waals surface area contributed by atoms with Crippen molar-refractivity contribution in [3.63, 3.8) is 0 Å². The molecule has 108 valence electrons. The molecule has 0 spiro atoms. The van der Waals surface area contributed by atoms with Gasteiger partial charge in [-0.3, -0.25) is 9.59 Å². The van der Waals surface area contributed by atoms with Gasteiger partial charge in [0.05, 0.1) is 11.3 Å². The number of rotatable bonds is 3. The van der Waals surface area contributed by atoms with E-state index in [1.165, 1.54) is 15.9 Å². The maximum absolute atomic E-state index is 12.4. The van der Waals surface area contributed by atoms with Crippen molar-refractivity contribution in [1.82, 2.24) is 19.2 Å². The summed E-state index contributed by atoms with van der Waals surface area (Å²) < 4.78 is 2.85. The summed E-state index contributed by atoms with van der Waals surface area (Å²) >= 11 is 1.48. The zero-order chi connectivity index (χ0) is 15.1. The van der Waals surface area contributed by atoms with Crippen LogP contribution in [0.5, 0.6) is 0 Å². The summed E-state index contributed by atoms with van der Waals surface area (Å²) in [5, 5.41) is 15.1. The number of carboxylic acid groups (broad SMARTS) is 1. The molecule has 0 aliphatic carbocycles. The van der Waals surface area contributed by atoms with Crippen LogP contribution >= 0.6 is 11.3 Å². The van der Waals surface area contributed by atoms with Gasteiger partial charge < -0.3 is 9.67 Å². The topological polar surface area (TPSA) is 89.5 Å². The van der Waals surface area contributed by atoms with E-state index in [9.17, 15) is 9.59 Å². The molecule has 0 bridgehead atoms. The third-order valence-electron chi connectivity index (χ3n) is 3.35. The smallest absolute Gasteiger partial charge is 0.308 e. The molecule has 0 radical (unpaired) electrons. The van der Waals surface area contributed by atoms with Gasteiger partial charge in [0, 0.05) is 18.3 Å². The number of thiophene rings is 1. The fourth-order valence-electron chi connectivity index (χ4n) is 2.16. The Labute approximate surface area is 123 Å². The van der Waals surface area contributed by atoms with Crippen LogP contribution in [0.1, 0.15) is 11.3 Å². The highest BCUT2D eigenvalue weighted by Gasteiger charge is 2.18. The van der Waals surface area contributed by atoms with Crippen LogP contribution in [-0.2, 0) is 18.3 Å². The van der Waals surface area contributed by atoms with Crippen molar-refractivity contribution in [3.05, 3.63) is 39.1 Å². The molecular formula is C13H12N4O3S. The molecule has 3 aromatic heterocycles. The highest BCUT2D eigenvalue weighted by molar-refractivity contribution is 7.13. The summed E-state index contributed by atoms with van der Waals surface area (Å²) in [6.45, 7) is 1.71. The second-order valence-electron chi connectivity index (χ2n) is 4.62. The number of aliphatic carboxylic acids is 1. The van der Waals surface area contributed by atoms with E-state index in [-0.39, 0.29) is 12.0 Å². The Bertz CT molecular complexity index is 892. The van der Waals surface area contributed by atoms with Crippen molar-refractivity contribution in [2.45, 2.75) is 13.3 Å². The number of fused-ring (bicyclic) bond motifs is 1. The highest BCUT2D eigenvalue weighted by Crippen LogP contribution is 2.21.